The van der Waals surface area contributed by atoms with Gasteiger partial charge in [-0.3, -0.25) is 4.79 Å². The summed E-state index contributed by atoms with van der Waals surface area (Å²) in [6.45, 7) is 7.78. The van der Waals surface area contributed by atoms with Gasteiger partial charge in [-0.2, -0.15) is 0 Å². The van der Waals surface area contributed by atoms with Gasteiger partial charge in [0.25, 0.3) is 0 Å². The number of rotatable bonds is 3. The van der Waals surface area contributed by atoms with Crippen molar-refractivity contribution in [2.75, 3.05) is 18.0 Å². The third-order valence-electron chi connectivity index (χ3n) is 3.52. The summed E-state index contributed by atoms with van der Waals surface area (Å²) >= 11 is 0. The van der Waals surface area contributed by atoms with E-state index in [0.29, 0.717) is 6.42 Å². The van der Waals surface area contributed by atoms with Gasteiger partial charge in [-0.25, -0.2) is 4.98 Å². The molecule has 1 saturated heterocycles. The summed E-state index contributed by atoms with van der Waals surface area (Å²) in [5.41, 5.74) is 2.40. The van der Waals surface area contributed by atoms with Crippen LogP contribution >= 0.6 is 0 Å². The van der Waals surface area contributed by atoms with Crippen LogP contribution in [0.3, 0.4) is 0 Å². The number of aryl methyl sites for hydroxylation is 2. The zero-order valence-electron chi connectivity index (χ0n) is 12.0. The molecule has 1 aliphatic rings. The lowest BCUT2D eigenvalue weighted by molar-refractivity contribution is -0.149. The second-order valence-corrected chi connectivity index (χ2v) is 5.18. The quantitative estimate of drug-likeness (QED) is 0.785. The van der Waals surface area contributed by atoms with Gasteiger partial charge in [0, 0.05) is 38.5 Å². The first kappa shape index (κ1) is 13.8. The largest absolute Gasteiger partial charge is 0.462 e. The van der Waals surface area contributed by atoms with E-state index in [1.54, 1.807) is 0 Å². The molecule has 0 N–H and O–H groups in total. The van der Waals surface area contributed by atoms with E-state index in [4.69, 9.17) is 4.74 Å². The maximum absolute atomic E-state index is 11.3. The van der Waals surface area contributed by atoms with E-state index in [-0.39, 0.29) is 12.1 Å². The van der Waals surface area contributed by atoms with Crippen molar-refractivity contribution in [3.8, 4) is 0 Å². The summed E-state index contributed by atoms with van der Waals surface area (Å²) in [5.74, 6) is 0.967. The molecule has 0 spiro atoms. The number of carbonyl (C=O) groups is 1. The number of ether oxygens (including phenoxy) is 1. The molecule has 2 heterocycles. The second kappa shape index (κ2) is 6.04. The predicted octanol–water partition coefficient (Wildman–Crippen LogP) is 2.62. The Bertz CT molecular complexity index is 451. The van der Waals surface area contributed by atoms with Crippen molar-refractivity contribution in [3.05, 3.63) is 23.4 Å². The fraction of sp³-hybridized carbons (Fsp3) is 0.600. The fourth-order valence-corrected chi connectivity index (χ4v) is 2.49. The van der Waals surface area contributed by atoms with Gasteiger partial charge in [0.05, 0.1) is 0 Å². The van der Waals surface area contributed by atoms with Crippen molar-refractivity contribution in [1.82, 2.24) is 4.98 Å². The molecule has 1 fully saturated rings. The van der Waals surface area contributed by atoms with E-state index in [9.17, 15) is 4.79 Å². The molecule has 0 aromatic carbocycles. The van der Waals surface area contributed by atoms with Crippen LogP contribution in [0.1, 0.15) is 37.3 Å². The van der Waals surface area contributed by atoms with Crippen LogP contribution in [0.15, 0.2) is 12.3 Å². The SMILES string of the molecule is CCC(=O)OC1CCN(c2ncc(C)cc2C)CC1. The predicted molar refractivity (Wildman–Crippen MR) is 75.3 cm³/mol. The summed E-state index contributed by atoms with van der Waals surface area (Å²) in [5, 5.41) is 0. The molecular formula is C15H22N2O2. The molecule has 19 heavy (non-hydrogen) atoms. The van der Waals surface area contributed by atoms with Crippen molar-refractivity contribution in [2.24, 2.45) is 0 Å². The normalized spacial score (nSPS) is 16.5. The molecule has 0 atom stereocenters. The summed E-state index contributed by atoms with van der Waals surface area (Å²) in [4.78, 5) is 18.1. The average molecular weight is 262 g/mol. The van der Waals surface area contributed by atoms with E-state index in [2.05, 4.69) is 29.8 Å². The second-order valence-electron chi connectivity index (χ2n) is 5.18. The molecule has 0 unspecified atom stereocenters. The highest BCUT2D eigenvalue weighted by molar-refractivity contribution is 5.69. The zero-order valence-corrected chi connectivity index (χ0v) is 12.0. The lowest BCUT2D eigenvalue weighted by Gasteiger charge is -2.33. The van der Waals surface area contributed by atoms with E-state index in [0.717, 1.165) is 31.7 Å². The van der Waals surface area contributed by atoms with Crippen LogP contribution in [0, 0.1) is 13.8 Å². The Hall–Kier alpha value is -1.58. The Morgan fingerprint density at radius 3 is 2.68 bits per heavy atom. The van der Waals surface area contributed by atoms with Crippen LogP contribution in [0.4, 0.5) is 5.82 Å². The number of aromatic nitrogens is 1. The maximum atomic E-state index is 11.3. The molecule has 0 amide bonds. The molecule has 1 aromatic rings. The first-order chi connectivity index (χ1) is 9.10. The van der Waals surface area contributed by atoms with E-state index >= 15 is 0 Å². The van der Waals surface area contributed by atoms with Gasteiger partial charge in [0.1, 0.15) is 11.9 Å². The number of hydrogen-bond acceptors (Lipinski definition) is 4. The Morgan fingerprint density at radius 1 is 1.42 bits per heavy atom. The van der Waals surface area contributed by atoms with Crippen molar-refractivity contribution < 1.29 is 9.53 Å². The third-order valence-corrected chi connectivity index (χ3v) is 3.52. The summed E-state index contributed by atoms with van der Waals surface area (Å²) < 4.78 is 5.39. The number of hydrogen-bond donors (Lipinski definition) is 0. The molecule has 4 heteroatoms. The highest BCUT2D eigenvalue weighted by atomic mass is 16.5. The lowest BCUT2D eigenvalue weighted by Crippen LogP contribution is -2.38. The van der Waals surface area contributed by atoms with Gasteiger partial charge in [0.2, 0.25) is 0 Å². The van der Waals surface area contributed by atoms with Crippen LogP contribution in [0.5, 0.6) is 0 Å². The highest BCUT2D eigenvalue weighted by Crippen LogP contribution is 2.23. The minimum atomic E-state index is -0.0944. The number of nitrogens with zero attached hydrogens (tertiary/aromatic N) is 2. The summed E-state index contributed by atoms with van der Waals surface area (Å²) in [6, 6.07) is 2.16. The van der Waals surface area contributed by atoms with Crippen LogP contribution in [0.2, 0.25) is 0 Å². The van der Waals surface area contributed by atoms with Gasteiger partial charge in [-0.1, -0.05) is 13.0 Å². The minimum Gasteiger partial charge on any atom is -0.462 e. The first-order valence-electron chi connectivity index (χ1n) is 6.98. The number of piperidine rings is 1. The van der Waals surface area contributed by atoms with Crippen LogP contribution in [-0.4, -0.2) is 30.1 Å². The number of esters is 1. The van der Waals surface area contributed by atoms with Gasteiger partial charge < -0.3 is 9.64 Å². The molecule has 1 aromatic heterocycles. The first-order valence-corrected chi connectivity index (χ1v) is 6.98. The van der Waals surface area contributed by atoms with Crippen molar-refractivity contribution in [3.63, 3.8) is 0 Å². The highest BCUT2D eigenvalue weighted by Gasteiger charge is 2.23. The van der Waals surface area contributed by atoms with Gasteiger partial charge >= 0.3 is 5.97 Å². The van der Waals surface area contributed by atoms with Crippen molar-refractivity contribution in [1.29, 1.82) is 0 Å². The van der Waals surface area contributed by atoms with E-state index in [1.165, 1.54) is 11.1 Å². The monoisotopic (exact) mass is 262 g/mol. The zero-order chi connectivity index (χ0) is 13.8. The molecule has 2 rings (SSSR count). The van der Waals surface area contributed by atoms with Gasteiger partial charge in [-0.15, -0.1) is 0 Å². The Morgan fingerprint density at radius 2 is 2.11 bits per heavy atom. The Labute approximate surface area is 114 Å². The van der Waals surface area contributed by atoms with Crippen LogP contribution in [-0.2, 0) is 9.53 Å². The number of pyridine rings is 1. The lowest BCUT2D eigenvalue weighted by atomic mass is 10.1. The number of anilines is 1. The topological polar surface area (TPSA) is 42.4 Å². The van der Waals surface area contributed by atoms with Gasteiger partial charge in [0.15, 0.2) is 0 Å². The molecule has 0 bridgehead atoms. The maximum Gasteiger partial charge on any atom is 0.305 e. The molecule has 0 radical (unpaired) electrons. The molecule has 104 valence electrons. The van der Waals surface area contributed by atoms with Gasteiger partial charge in [-0.05, 0) is 25.0 Å². The Balaban J connectivity index is 1.94. The van der Waals surface area contributed by atoms with Crippen LogP contribution in [0.25, 0.3) is 0 Å². The third kappa shape index (κ3) is 3.46. The van der Waals surface area contributed by atoms with E-state index in [1.807, 2.05) is 13.1 Å². The number of carbonyl (C=O) groups excluding carboxylic acids is 1. The smallest absolute Gasteiger partial charge is 0.305 e. The molecule has 4 nitrogen and oxygen atoms in total. The van der Waals surface area contributed by atoms with E-state index < -0.39 is 0 Å². The fourth-order valence-electron chi connectivity index (χ4n) is 2.49. The minimum absolute atomic E-state index is 0.0782. The summed E-state index contributed by atoms with van der Waals surface area (Å²) in [6.07, 6.45) is 4.22. The summed E-state index contributed by atoms with van der Waals surface area (Å²) in [7, 11) is 0. The Kier molecular flexibility index (Phi) is 4.40. The molecule has 0 aliphatic carbocycles. The standard InChI is InChI=1S/C15H22N2O2/c1-4-14(18)19-13-5-7-17(8-6-13)15-12(3)9-11(2)10-16-15/h9-10,13H,4-8H2,1-3H3. The molecular weight excluding hydrogens is 240 g/mol. The molecule has 1 aliphatic heterocycles. The van der Waals surface area contributed by atoms with Crippen molar-refractivity contribution in [2.45, 2.75) is 46.1 Å². The van der Waals surface area contributed by atoms with Crippen LogP contribution < -0.4 is 4.90 Å². The van der Waals surface area contributed by atoms with Crippen molar-refractivity contribution >= 4 is 11.8 Å². The average Bonchev–Trinajstić information content (AvgIpc) is 2.40. The molecule has 0 saturated carbocycles.